The van der Waals surface area contributed by atoms with Crippen LogP contribution in [-0.2, 0) is 16.6 Å². The minimum Gasteiger partial charge on any atom is -0.390 e. The molecule has 6 nitrogen and oxygen atoms in total. The molecule has 164 valence electrons. The summed E-state index contributed by atoms with van der Waals surface area (Å²) in [5, 5.41) is 13.2. The largest absolute Gasteiger partial charge is 0.390 e. The predicted molar refractivity (Wildman–Crippen MR) is 114 cm³/mol. The standard InChI is InChI=1S/C24H28FN3O3/c1-23(31)8-6-17(7-9-23)28-22(30)24(10-11-24)18-4-2-15(13-19(18)25)12-16-3-5-20(21(26)29)27-14-16/h2-5,13-14,17,31H,6-12H2,1H3,(H2,26,29)(H,28,30). The zero-order valence-corrected chi connectivity index (χ0v) is 17.7. The molecule has 0 saturated heterocycles. The number of rotatable bonds is 6. The monoisotopic (exact) mass is 425 g/mol. The molecule has 0 radical (unpaired) electrons. The second kappa shape index (κ2) is 8.04. The summed E-state index contributed by atoms with van der Waals surface area (Å²) in [6.07, 6.45) is 6.08. The Morgan fingerprint density at radius 3 is 2.39 bits per heavy atom. The molecule has 0 spiro atoms. The molecule has 31 heavy (non-hydrogen) atoms. The number of halogens is 1. The van der Waals surface area contributed by atoms with Crippen molar-refractivity contribution in [2.24, 2.45) is 5.73 Å². The zero-order chi connectivity index (χ0) is 22.2. The second-order valence-electron chi connectivity index (χ2n) is 9.23. The summed E-state index contributed by atoms with van der Waals surface area (Å²) >= 11 is 0. The van der Waals surface area contributed by atoms with Crippen LogP contribution in [0, 0.1) is 5.82 Å². The molecule has 2 saturated carbocycles. The van der Waals surface area contributed by atoms with Crippen molar-refractivity contribution in [2.45, 2.75) is 68.9 Å². The fraction of sp³-hybridized carbons (Fsp3) is 0.458. The van der Waals surface area contributed by atoms with Crippen LogP contribution in [0.1, 0.15) is 72.6 Å². The first-order valence-corrected chi connectivity index (χ1v) is 10.8. The molecule has 0 atom stereocenters. The summed E-state index contributed by atoms with van der Waals surface area (Å²) in [5.41, 5.74) is 5.99. The summed E-state index contributed by atoms with van der Waals surface area (Å²) in [4.78, 5) is 28.1. The van der Waals surface area contributed by atoms with Crippen molar-refractivity contribution in [1.29, 1.82) is 0 Å². The Morgan fingerprint density at radius 1 is 1.16 bits per heavy atom. The van der Waals surface area contributed by atoms with Gasteiger partial charge in [-0.25, -0.2) is 4.39 Å². The highest BCUT2D eigenvalue weighted by atomic mass is 19.1. The van der Waals surface area contributed by atoms with Gasteiger partial charge in [0.1, 0.15) is 11.5 Å². The third kappa shape index (κ3) is 4.61. The molecule has 0 aliphatic heterocycles. The number of carbonyl (C=O) groups excluding carboxylic acids is 2. The van der Waals surface area contributed by atoms with Crippen LogP contribution >= 0.6 is 0 Å². The van der Waals surface area contributed by atoms with Crippen molar-refractivity contribution in [3.8, 4) is 0 Å². The van der Waals surface area contributed by atoms with Crippen LogP contribution < -0.4 is 11.1 Å². The van der Waals surface area contributed by atoms with Crippen molar-refractivity contribution in [1.82, 2.24) is 10.3 Å². The lowest BCUT2D eigenvalue weighted by Gasteiger charge is -2.34. The SMILES string of the molecule is CC1(O)CCC(NC(=O)C2(c3ccc(Cc4ccc(C(N)=O)nc4)cc3F)CC2)CC1. The van der Waals surface area contributed by atoms with Crippen LogP contribution in [0.25, 0.3) is 0 Å². The zero-order valence-electron chi connectivity index (χ0n) is 17.7. The first-order valence-electron chi connectivity index (χ1n) is 10.8. The van der Waals surface area contributed by atoms with Crippen molar-refractivity contribution >= 4 is 11.8 Å². The van der Waals surface area contributed by atoms with E-state index in [1.165, 1.54) is 6.07 Å². The number of primary amides is 1. The number of carbonyl (C=O) groups is 2. The van der Waals surface area contributed by atoms with Crippen LogP contribution in [0.4, 0.5) is 4.39 Å². The summed E-state index contributed by atoms with van der Waals surface area (Å²) in [6, 6.07) is 8.36. The number of nitrogens with zero attached hydrogens (tertiary/aromatic N) is 1. The highest BCUT2D eigenvalue weighted by Gasteiger charge is 2.53. The molecule has 2 fully saturated rings. The molecule has 2 aromatic rings. The highest BCUT2D eigenvalue weighted by Crippen LogP contribution is 2.49. The fourth-order valence-electron chi connectivity index (χ4n) is 4.42. The molecule has 4 N–H and O–H groups in total. The van der Waals surface area contributed by atoms with Crippen molar-refractivity contribution < 1.29 is 19.1 Å². The molecular formula is C24H28FN3O3. The molecule has 1 aromatic carbocycles. The number of nitrogens with two attached hydrogens (primary N) is 1. The van der Waals surface area contributed by atoms with Gasteiger partial charge in [0.05, 0.1) is 11.0 Å². The molecule has 4 rings (SSSR count). The van der Waals surface area contributed by atoms with Crippen molar-refractivity contribution in [3.63, 3.8) is 0 Å². The summed E-state index contributed by atoms with van der Waals surface area (Å²) in [7, 11) is 0. The molecule has 2 aliphatic rings. The molecule has 2 amide bonds. The van der Waals surface area contributed by atoms with Crippen LogP contribution in [0.3, 0.4) is 0 Å². The fourth-order valence-corrected chi connectivity index (χ4v) is 4.42. The van der Waals surface area contributed by atoms with E-state index in [0.717, 1.165) is 24.0 Å². The topological polar surface area (TPSA) is 105 Å². The van der Waals surface area contributed by atoms with Gasteiger partial charge in [0.25, 0.3) is 5.91 Å². The first-order chi connectivity index (χ1) is 14.7. The van der Waals surface area contributed by atoms with Gasteiger partial charge in [-0.2, -0.15) is 0 Å². The molecule has 7 heteroatoms. The van der Waals surface area contributed by atoms with E-state index in [1.54, 1.807) is 24.4 Å². The normalized spacial score (nSPS) is 24.4. The van der Waals surface area contributed by atoms with E-state index < -0.39 is 16.9 Å². The van der Waals surface area contributed by atoms with E-state index in [0.29, 0.717) is 37.7 Å². The maximum absolute atomic E-state index is 15.0. The smallest absolute Gasteiger partial charge is 0.267 e. The lowest BCUT2D eigenvalue weighted by Crippen LogP contribution is -2.46. The Kier molecular flexibility index (Phi) is 5.56. The van der Waals surface area contributed by atoms with Gasteiger partial charge in [0.15, 0.2) is 0 Å². The third-order valence-electron chi connectivity index (χ3n) is 6.62. The average molecular weight is 426 g/mol. The van der Waals surface area contributed by atoms with Gasteiger partial charge in [-0.15, -0.1) is 0 Å². The van der Waals surface area contributed by atoms with Gasteiger partial charge in [-0.3, -0.25) is 14.6 Å². The maximum Gasteiger partial charge on any atom is 0.267 e. The Hall–Kier alpha value is -2.80. The van der Waals surface area contributed by atoms with E-state index >= 15 is 4.39 Å². The molecule has 1 heterocycles. The number of hydrogen-bond donors (Lipinski definition) is 3. The quantitative estimate of drug-likeness (QED) is 0.662. The number of aromatic nitrogens is 1. The summed E-state index contributed by atoms with van der Waals surface area (Å²) < 4.78 is 15.0. The number of hydrogen-bond acceptors (Lipinski definition) is 4. The molecule has 0 bridgehead atoms. The number of amides is 2. The Morgan fingerprint density at radius 2 is 1.84 bits per heavy atom. The number of nitrogens with one attached hydrogen (secondary N) is 1. The van der Waals surface area contributed by atoms with E-state index in [1.807, 2.05) is 13.0 Å². The Bertz CT molecular complexity index is 990. The molecular weight excluding hydrogens is 397 g/mol. The van der Waals surface area contributed by atoms with Gasteiger partial charge in [-0.1, -0.05) is 18.2 Å². The minimum absolute atomic E-state index is 0.0309. The first kappa shape index (κ1) is 21.4. The highest BCUT2D eigenvalue weighted by molar-refractivity contribution is 5.91. The van der Waals surface area contributed by atoms with Crippen molar-refractivity contribution in [2.75, 3.05) is 0 Å². The van der Waals surface area contributed by atoms with E-state index in [2.05, 4.69) is 10.3 Å². The minimum atomic E-state index is -0.784. The summed E-state index contributed by atoms with van der Waals surface area (Å²) in [5.74, 6) is -1.08. The summed E-state index contributed by atoms with van der Waals surface area (Å²) in [6.45, 7) is 1.83. The molecule has 1 aromatic heterocycles. The lowest BCUT2D eigenvalue weighted by molar-refractivity contribution is -0.125. The van der Waals surface area contributed by atoms with E-state index in [9.17, 15) is 14.7 Å². The van der Waals surface area contributed by atoms with Gasteiger partial charge < -0.3 is 16.2 Å². The average Bonchev–Trinajstić information content (AvgIpc) is 3.52. The maximum atomic E-state index is 15.0. The van der Waals surface area contributed by atoms with E-state index in [-0.39, 0.29) is 23.5 Å². The van der Waals surface area contributed by atoms with E-state index in [4.69, 9.17) is 5.73 Å². The van der Waals surface area contributed by atoms with Crippen LogP contribution in [0.15, 0.2) is 36.5 Å². The van der Waals surface area contributed by atoms with Crippen LogP contribution in [0.2, 0.25) is 0 Å². The van der Waals surface area contributed by atoms with Gasteiger partial charge in [0, 0.05) is 17.8 Å². The Labute approximate surface area is 181 Å². The number of aliphatic hydroxyl groups is 1. The number of benzene rings is 1. The van der Waals surface area contributed by atoms with Gasteiger partial charge >= 0.3 is 0 Å². The third-order valence-corrected chi connectivity index (χ3v) is 6.62. The van der Waals surface area contributed by atoms with Crippen LogP contribution in [-0.4, -0.2) is 33.5 Å². The molecule has 0 unspecified atom stereocenters. The number of pyridine rings is 1. The van der Waals surface area contributed by atoms with Gasteiger partial charge in [-0.05, 0) is 75.1 Å². The van der Waals surface area contributed by atoms with Crippen molar-refractivity contribution in [3.05, 3.63) is 64.7 Å². The lowest BCUT2D eigenvalue weighted by atomic mass is 9.83. The van der Waals surface area contributed by atoms with Gasteiger partial charge in [0.2, 0.25) is 5.91 Å². The second-order valence-corrected chi connectivity index (χ2v) is 9.23. The predicted octanol–water partition coefficient (Wildman–Crippen LogP) is 2.75. The Balaban J connectivity index is 1.43. The molecule has 2 aliphatic carbocycles. The van der Waals surface area contributed by atoms with Crippen LogP contribution in [0.5, 0.6) is 0 Å².